The lowest BCUT2D eigenvalue weighted by molar-refractivity contribution is -0.140. The molecule has 108 heavy (non-hydrogen) atoms. The number of hydrogen-bond acceptors (Lipinski definition) is 14. The van der Waals surface area contributed by atoms with Crippen molar-refractivity contribution in [3.05, 3.63) is 29.8 Å². The van der Waals surface area contributed by atoms with Crippen molar-refractivity contribution >= 4 is 35.2 Å². The number of amides is 3. The molecule has 3 aliphatic heterocycles. The first-order chi connectivity index (χ1) is 50.5. The minimum atomic E-state index is -0.123. The van der Waals surface area contributed by atoms with Crippen molar-refractivity contribution in [2.45, 2.75) is 331 Å². The largest absolute Gasteiger partial charge is 0.469 e. The Bertz CT molecular complexity index is 1850. The number of nitrogens with zero attached hydrogens (tertiary/aromatic N) is 8. The summed E-state index contributed by atoms with van der Waals surface area (Å²) in [5.74, 6) is 6.16. The summed E-state index contributed by atoms with van der Waals surface area (Å²) in [4.78, 5) is 69.4. The second kappa shape index (κ2) is 92.2. The number of hydrogen-bond donors (Lipinski definition) is 2. The molecule has 17 nitrogen and oxygen atoms in total. The zero-order chi connectivity index (χ0) is 86.1. The van der Waals surface area contributed by atoms with Crippen molar-refractivity contribution in [1.82, 2.24) is 44.5 Å². The molecule has 3 heterocycles. The van der Waals surface area contributed by atoms with Crippen molar-refractivity contribution in [3.8, 4) is 0 Å². The number of unbranched alkanes of at least 4 members (excludes halogenated alkanes) is 1. The number of carbonyl (C=O) groups is 5. The molecule has 0 saturated carbocycles. The van der Waals surface area contributed by atoms with Gasteiger partial charge in [0.1, 0.15) is 5.78 Å². The molecule has 0 aliphatic carbocycles. The Morgan fingerprint density at radius 3 is 0.981 bits per heavy atom. The van der Waals surface area contributed by atoms with E-state index in [1.54, 1.807) is 52.1 Å². The Kier molecular flexibility index (Phi) is 107. The van der Waals surface area contributed by atoms with E-state index in [-0.39, 0.29) is 23.7 Å². The number of rotatable bonds is 28. The van der Waals surface area contributed by atoms with Crippen LogP contribution in [-0.4, -0.2) is 253 Å². The van der Waals surface area contributed by atoms with Gasteiger partial charge in [0.15, 0.2) is 0 Å². The van der Waals surface area contributed by atoms with E-state index in [4.69, 9.17) is 4.74 Å². The van der Waals surface area contributed by atoms with Gasteiger partial charge in [-0.15, -0.1) is 0 Å². The highest BCUT2D eigenvalue weighted by Gasteiger charge is 2.25. The van der Waals surface area contributed by atoms with Crippen LogP contribution in [0.25, 0.3) is 0 Å². The van der Waals surface area contributed by atoms with E-state index in [1.807, 2.05) is 48.6 Å². The smallest absolute Gasteiger partial charge is 0.305 e. The zero-order valence-corrected chi connectivity index (χ0v) is 80.1. The minimum Gasteiger partial charge on any atom is -0.469 e. The first kappa shape index (κ1) is 125. The highest BCUT2D eigenvalue weighted by Crippen LogP contribution is 2.23. The number of methoxy groups -OCH3 is 2. The van der Waals surface area contributed by atoms with E-state index in [9.17, 15) is 24.0 Å². The quantitative estimate of drug-likeness (QED) is 0.0765. The van der Waals surface area contributed by atoms with E-state index in [2.05, 4.69) is 243 Å². The van der Waals surface area contributed by atoms with Gasteiger partial charge in [0.05, 0.1) is 13.2 Å². The molecule has 1 aromatic rings. The Hall–Kier alpha value is -3.71. The molecule has 1 aromatic carbocycles. The van der Waals surface area contributed by atoms with Crippen LogP contribution in [0.2, 0.25) is 0 Å². The monoisotopic (exact) mass is 1540 g/mol. The maximum Gasteiger partial charge on any atom is 0.305 e. The Balaban J connectivity index is -0.000000120. The predicted molar refractivity (Wildman–Crippen MR) is 482 cm³/mol. The van der Waals surface area contributed by atoms with Gasteiger partial charge in [-0.3, -0.25) is 24.0 Å². The molecule has 0 spiro atoms. The summed E-state index contributed by atoms with van der Waals surface area (Å²) >= 11 is 0. The average Bonchev–Trinajstić information content (AvgIpc) is 1.73. The molecular weight excluding hydrogens is 1350 g/mol. The van der Waals surface area contributed by atoms with Crippen molar-refractivity contribution < 1.29 is 33.4 Å². The van der Waals surface area contributed by atoms with Gasteiger partial charge in [0.25, 0.3) is 0 Å². The van der Waals surface area contributed by atoms with Crippen LogP contribution in [0.3, 0.4) is 0 Å². The highest BCUT2D eigenvalue weighted by atomic mass is 16.5. The van der Waals surface area contributed by atoms with Crippen LogP contribution in [-0.2, 0) is 33.4 Å². The SMILES string of the molecule is CC(C)CCN(C)C.CC(C)CCN(C)C.CCC1C[C@H](C)CN1C.CCCC(=O)CC.CCCC(=O)N(C)C.CCCC(=O)N(C)C.CCCC(=O)NC.CCCC(=O)OC.CCCC(C)C.CCCC(C)C.CCCCN(C)C.CC[C@@H]1C[C@@H](C)CN1C.CNc1ccc(C)cc1.COC1CCN(C)CC1. The summed E-state index contributed by atoms with van der Waals surface area (Å²) in [7, 11) is 33.2. The number of benzene rings is 1. The lowest BCUT2D eigenvalue weighted by atomic mass is 10.1. The van der Waals surface area contributed by atoms with Gasteiger partial charge in [-0.05, 0) is 228 Å². The third kappa shape index (κ3) is 111. The fourth-order valence-electron chi connectivity index (χ4n) is 10.3. The van der Waals surface area contributed by atoms with Crippen molar-refractivity contribution in [2.24, 2.45) is 35.5 Å². The molecule has 4 atom stereocenters. The molecular formula is C91H196N10O7. The highest BCUT2D eigenvalue weighted by molar-refractivity contribution is 5.78. The second-order valence-electron chi connectivity index (χ2n) is 32.5. The van der Waals surface area contributed by atoms with E-state index >= 15 is 0 Å². The van der Waals surface area contributed by atoms with Gasteiger partial charge < -0.3 is 59.3 Å². The van der Waals surface area contributed by atoms with Crippen LogP contribution in [0.15, 0.2) is 24.3 Å². The third-order valence-corrected chi connectivity index (χ3v) is 17.4. The maximum absolute atomic E-state index is 10.7. The average molecular weight is 1540 g/mol. The molecule has 0 aromatic heterocycles. The van der Waals surface area contributed by atoms with E-state index in [0.717, 1.165) is 86.1 Å². The molecule has 0 bridgehead atoms. The van der Waals surface area contributed by atoms with Crippen LogP contribution in [0.4, 0.5) is 5.69 Å². The number of aryl methyl sites for hydroxylation is 1. The number of anilines is 1. The van der Waals surface area contributed by atoms with E-state index < -0.39 is 0 Å². The third-order valence-electron chi connectivity index (χ3n) is 17.4. The van der Waals surface area contributed by atoms with Crippen molar-refractivity contribution in [3.63, 3.8) is 0 Å². The molecule has 0 radical (unpaired) electrons. The molecule has 1 unspecified atom stereocenters. The second-order valence-corrected chi connectivity index (χ2v) is 32.5. The first-order valence-corrected chi connectivity index (χ1v) is 43.0. The molecule has 17 heteroatoms. The van der Waals surface area contributed by atoms with Gasteiger partial charge in [0, 0.05) is 132 Å². The Morgan fingerprint density at radius 2 is 0.833 bits per heavy atom. The number of likely N-dealkylation sites (tertiary alicyclic amines) is 3. The summed E-state index contributed by atoms with van der Waals surface area (Å²) in [5.41, 5.74) is 2.47. The van der Waals surface area contributed by atoms with E-state index in [0.29, 0.717) is 44.0 Å². The minimum absolute atomic E-state index is 0.123. The van der Waals surface area contributed by atoms with Gasteiger partial charge >= 0.3 is 5.97 Å². The lowest BCUT2D eigenvalue weighted by Gasteiger charge is -2.27. The number of ether oxygens (including phenoxy) is 2. The summed E-state index contributed by atoms with van der Waals surface area (Å²) in [6, 6.07) is 10.1. The normalized spacial score (nSPS) is 15.5. The fourth-order valence-corrected chi connectivity index (χ4v) is 10.3. The molecule has 3 amide bonds. The van der Waals surface area contributed by atoms with E-state index in [1.165, 1.54) is 154 Å². The molecule has 3 fully saturated rings. The van der Waals surface area contributed by atoms with Gasteiger partial charge in [-0.25, -0.2) is 0 Å². The maximum atomic E-state index is 10.7. The molecule has 3 aliphatic rings. The van der Waals surface area contributed by atoms with Crippen LogP contribution < -0.4 is 10.6 Å². The van der Waals surface area contributed by atoms with Gasteiger partial charge in [-0.2, -0.15) is 0 Å². The Morgan fingerprint density at radius 1 is 0.481 bits per heavy atom. The van der Waals surface area contributed by atoms with Crippen LogP contribution in [0, 0.1) is 42.4 Å². The van der Waals surface area contributed by atoms with Crippen LogP contribution >= 0.6 is 0 Å². The number of ketones is 1. The summed E-state index contributed by atoms with van der Waals surface area (Å²) in [6.45, 7) is 56.5. The first-order valence-electron chi connectivity index (χ1n) is 43.0. The van der Waals surface area contributed by atoms with Crippen molar-refractivity contribution in [1.29, 1.82) is 0 Å². The number of carbonyl (C=O) groups excluding carboxylic acids is 5. The molecule has 3 saturated heterocycles. The summed E-state index contributed by atoms with van der Waals surface area (Å²) in [5, 5.41) is 5.58. The number of piperidine rings is 1. The molecule has 2 N–H and O–H groups in total. The Labute approximate surface area is 677 Å². The zero-order valence-electron chi connectivity index (χ0n) is 80.1. The summed E-state index contributed by atoms with van der Waals surface area (Å²) < 4.78 is 9.56. The standard InChI is InChI=1S/C8H11N.2C8H17N.C7H15NO.2C7H17N.2C6H13NO.C6H15N.C6H12O.2C6H14.C5H11NO.C5H10O2/c1-7-3-5-8(9-2)6-4-7;2*1-4-8-5-7(2)6-9(8)3;1-8-5-3-7(9-2)4-6-8;2*1-7(2)5-6-8(3)4;2*1-4-5-6(8)7(2)3;1-4-5-6-7(2)3;1-3-5-6(7)4-2;2*1-4-5-6(2)3;1-3-4-5(7)6-2;1-3-4-5(6)7-2/h3-6,9H,1-2H3;2*7-8H,4-6H2,1-3H3;7H,3-6H2,1-2H3;2*7H,5-6H2,1-4H3;2*4-5H2,1-3H3;4-6H2,1-3H3;3-5H2,1-2H3;2*6H,4-5H2,1-3H3;3-4H2,1-2H3,(H,6,7);3-4H2,1-2H3/t;7-,8?;7-,8-;;;;;;;;;;;/m.01.........../s1. The van der Waals surface area contributed by atoms with Crippen LogP contribution in [0.5, 0.6) is 0 Å². The fraction of sp³-hybridized carbons (Fsp3) is 0.879. The topological polar surface area (TPSA) is 154 Å². The lowest BCUT2D eigenvalue weighted by Crippen LogP contribution is -2.33. The molecule has 652 valence electrons. The molecule has 4 rings (SSSR count). The van der Waals surface area contributed by atoms with Crippen LogP contribution in [0.1, 0.15) is 311 Å². The number of Topliss-reactive ketones (excluding diaryl/α,β-unsaturated/α-hetero) is 1. The van der Waals surface area contributed by atoms with Gasteiger partial charge in [-0.1, -0.05) is 195 Å². The predicted octanol–water partition coefficient (Wildman–Crippen LogP) is 20.7. The van der Waals surface area contributed by atoms with Gasteiger partial charge in [0.2, 0.25) is 17.7 Å². The number of esters is 1. The van der Waals surface area contributed by atoms with Crippen molar-refractivity contribution in [2.75, 3.05) is 171 Å². The summed E-state index contributed by atoms with van der Waals surface area (Å²) in [6.07, 6.45) is 27.7. The number of nitrogens with one attached hydrogen (secondary N) is 2.